The van der Waals surface area contributed by atoms with Crippen molar-refractivity contribution in [3.63, 3.8) is 0 Å². The summed E-state index contributed by atoms with van der Waals surface area (Å²) in [4.78, 5) is 22.2. The van der Waals surface area contributed by atoms with E-state index in [0.29, 0.717) is 18.8 Å². The fourth-order valence-electron chi connectivity index (χ4n) is 4.61. The maximum atomic E-state index is 11.4. The molecule has 4 heterocycles. The van der Waals surface area contributed by atoms with Crippen LogP contribution in [0.2, 0.25) is 0 Å². The van der Waals surface area contributed by atoms with Gasteiger partial charge in [-0.05, 0) is 44.7 Å². The summed E-state index contributed by atoms with van der Waals surface area (Å²) in [5.41, 5.74) is -0.0667. The zero-order valence-electron chi connectivity index (χ0n) is 17.2. The van der Waals surface area contributed by atoms with Crippen LogP contribution >= 0.6 is 0 Å². The van der Waals surface area contributed by atoms with Crippen LogP contribution in [0.15, 0.2) is 18.7 Å². The molecule has 9 nitrogen and oxygen atoms in total. The van der Waals surface area contributed by atoms with Gasteiger partial charge in [-0.3, -0.25) is 4.79 Å². The Hall–Kier alpha value is -2.10. The molecule has 2 aromatic rings. The van der Waals surface area contributed by atoms with Crippen molar-refractivity contribution in [2.24, 2.45) is 0 Å². The number of amides is 1. The molecule has 0 radical (unpaired) electrons. The SMILES string of the molecule is CC(=O)N[C@H]1COC2(CCN(CCCc3cnc4ncnn4c3)CC2)C[C@]1(C)O. The Bertz CT molecular complexity index is 859. The first kappa shape index (κ1) is 20.2. The van der Waals surface area contributed by atoms with Crippen LogP contribution in [0.25, 0.3) is 5.78 Å². The van der Waals surface area contributed by atoms with Gasteiger partial charge in [0.2, 0.25) is 5.91 Å². The predicted molar refractivity (Wildman–Crippen MR) is 106 cm³/mol. The molecule has 2 atom stereocenters. The largest absolute Gasteiger partial charge is 0.388 e. The number of carbonyl (C=O) groups is 1. The van der Waals surface area contributed by atoms with E-state index < -0.39 is 5.60 Å². The van der Waals surface area contributed by atoms with Gasteiger partial charge >= 0.3 is 0 Å². The van der Waals surface area contributed by atoms with E-state index in [2.05, 4.69) is 25.3 Å². The number of likely N-dealkylation sites (tertiary alicyclic amines) is 1. The predicted octanol–water partition coefficient (Wildman–Crippen LogP) is 0.568. The van der Waals surface area contributed by atoms with Gasteiger partial charge in [0.25, 0.3) is 5.78 Å². The summed E-state index contributed by atoms with van der Waals surface area (Å²) >= 11 is 0. The molecule has 0 aromatic carbocycles. The second-order valence-corrected chi connectivity index (χ2v) is 8.69. The molecule has 0 unspecified atom stereocenters. The molecule has 2 saturated heterocycles. The van der Waals surface area contributed by atoms with Crippen molar-refractivity contribution < 1.29 is 14.6 Å². The highest BCUT2D eigenvalue weighted by Crippen LogP contribution is 2.39. The van der Waals surface area contributed by atoms with E-state index in [-0.39, 0.29) is 17.6 Å². The topological polar surface area (TPSA) is 105 Å². The maximum Gasteiger partial charge on any atom is 0.252 e. The van der Waals surface area contributed by atoms with E-state index >= 15 is 0 Å². The molecule has 2 fully saturated rings. The lowest BCUT2D eigenvalue weighted by atomic mass is 9.75. The molecule has 0 aliphatic carbocycles. The second kappa shape index (κ2) is 7.97. The molecule has 4 rings (SSSR count). The lowest BCUT2D eigenvalue weighted by molar-refractivity contribution is -0.189. The number of ether oxygens (including phenoxy) is 1. The quantitative estimate of drug-likeness (QED) is 0.753. The number of hydrogen-bond acceptors (Lipinski definition) is 7. The third-order valence-corrected chi connectivity index (χ3v) is 6.26. The van der Waals surface area contributed by atoms with Gasteiger partial charge in [0, 0.05) is 38.8 Å². The van der Waals surface area contributed by atoms with Crippen LogP contribution in [0.5, 0.6) is 0 Å². The first-order chi connectivity index (χ1) is 13.9. The minimum absolute atomic E-state index is 0.136. The standard InChI is InChI=1S/C20H30N6O3/c1-15(27)24-17-12-29-20(13-19(17,2)28)5-8-25(9-6-20)7-3-4-16-10-21-18-22-14-23-26(18)11-16/h10-11,14,17,28H,3-9,12-13H2,1-2H3,(H,24,27)/t17-,19-/m0/s1. The summed E-state index contributed by atoms with van der Waals surface area (Å²) in [6.07, 6.45) is 9.75. The lowest BCUT2D eigenvalue weighted by Gasteiger charge is -2.51. The summed E-state index contributed by atoms with van der Waals surface area (Å²) in [5.74, 6) is 0.488. The fraction of sp³-hybridized carbons (Fsp3) is 0.700. The number of rotatable bonds is 5. The molecule has 2 aromatic heterocycles. The van der Waals surface area contributed by atoms with Gasteiger partial charge in [0.1, 0.15) is 6.33 Å². The Labute approximate surface area is 170 Å². The molecular formula is C20H30N6O3. The molecule has 0 saturated carbocycles. The van der Waals surface area contributed by atoms with Crippen LogP contribution in [0.4, 0.5) is 0 Å². The van der Waals surface area contributed by atoms with E-state index in [1.807, 2.05) is 19.3 Å². The molecule has 2 aliphatic rings. The zero-order valence-corrected chi connectivity index (χ0v) is 17.2. The van der Waals surface area contributed by atoms with Crippen LogP contribution in [-0.2, 0) is 16.0 Å². The number of carbonyl (C=O) groups excluding carboxylic acids is 1. The average Bonchev–Trinajstić information content (AvgIpc) is 3.13. The van der Waals surface area contributed by atoms with Crippen LogP contribution in [0.3, 0.4) is 0 Å². The minimum atomic E-state index is -0.945. The number of aromatic nitrogens is 4. The highest BCUT2D eigenvalue weighted by Gasteiger charge is 2.49. The number of aryl methyl sites for hydroxylation is 1. The summed E-state index contributed by atoms with van der Waals surface area (Å²) < 4.78 is 7.89. The lowest BCUT2D eigenvalue weighted by Crippen LogP contribution is -2.63. The summed E-state index contributed by atoms with van der Waals surface area (Å²) in [5, 5.41) is 17.8. The minimum Gasteiger partial charge on any atom is -0.388 e. The van der Waals surface area contributed by atoms with Crippen molar-refractivity contribution in [2.45, 2.75) is 63.2 Å². The van der Waals surface area contributed by atoms with Crippen molar-refractivity contribution in [3.8, 4) is 0 Å². The van der Waals surface area contributed by atoms with Crippen LogP contribution in [0, 0.1) is 0 Å². The highest BCUT2D eigenvalue weighted by atomic mass is 16.5. The molecule has 158 valence electrons. The fourth-order valence-corrected chi connectivity index (χ4v) is 4.61. The van der Waals surface area contributed by atoms with Crippen molar-refractivity contribution in [1.29, 1.82) is 0 Å². The van der Waals surface area contributed by atoms with E-state index in [0.717, 1.165) is 50.9 Å². The molecule has 9 heteroatoms. The van der Waals surface area contributed by atoms with Gasteiger partial charge < -0.3 is 20.1 Å². The van der Waals surface area contributed by atoms with Crippen LogP contribution < -0.4 is 5.32 Å². The van der Waals surface area contributed by atoms with E-state index in [4.69, 9.17) is 4.74 Å². The van der Waals surface area contributed by atoms with Gasteiger partial charge in [0.15, 0.2) is 0 Å². The smallest absolute Gasteiger partial charge is 0.252 e. The number of piperidine rings is 1. The average molecular weight is 402 g/mol. The van der Waals surface area contributed by atoms with E-state index in [9.17, 15) is 9.90 Å². The Kier molecular flexibility index (Phi) is 5.54. The van der Waals surface area contributed by atoms with E-state index in [1.165, 1.54) is 13.3 Å². The van der Waals surface area contributed by atoms with Gasteiger partial charge in [-0.2, -0.15) is 10.1 Å². The van der Waals surface area contributed by atoms with E-state index in [1.54, 1.807) is 4.52 Å². The van der Waals surface area contributed by atoms with Gasteiger partial charge in [-0.15, -0.1) is 0 Å². The Morgan fingerprint density at radius 2 is 2.17 bits per heavy atom. The number of aliphatic hydroxyl groups is 1. The molecule has 2 aliphatic heterocycles. The van der Waals surface area contributed by atoms with Crippen LogP contribution in [0.1, 0.15) is 45.1 Å². The van der Waals surface area contributed by atoms with Crippen molar-refractivity contribution in [3.05, 3.63) is 24.3 Å². The summed E-state index contributed by atoms with van der Waals surface area (Å²) in [6, 6.07) is -0.348. The molecule has 2 N–H and O–H groups in total. The normalized spacial score (nSPS) is 27.3. The monoisotopic (exact) mass is 402 g/mol. The Morgan fingerprint density at radius 3 is 2.90 bits per heavy atom. The number of fused-ring (bicyclic) bond motifs is 1. The molecule has 1 amide bonds. The first-order valence-electron chi connectivity index (χ1n) is 10.4. The van der Waals surface area contributed by atoms with Gasteiger partial charge in [0.05, 0.1) is 23.9 Å². The summed E-state index contributed by atoms with van der Waals surface area (Å²) in [6.45, 7) is 6.59. The number of nitrogens with zero attached hydrogens (tertiary/aromatic N) is 5. The second-order valence-electron chi connectivity index (χ2n) is 8.69. The third kappa shape index (κ3) is 4.57. The third-order valence-electron chi connectivity index (χ3n) is 6.26. The first-order valence-corrected chi connectivity index (χ1v) is 10.4. The number of hydrogen-bond donors (Lipinski definition) is 2. The summed E-state index contributed by atoms with van der Waals surface area (Å²) in [7, 11) is 0. The molecular weight excluding hydrogens is 372 g/mol. The number of nitrogens with one attached hydrogen (secondary N) is 1. The maximum absolute atomic E-state index is 11.4. The molecule has 0 bridgehead atoms. The Morgan fingerprint density at radius 1 is 1.38 bits per heavy atom. The van der Waals surface area contributed by atoms with Crippen LogP contribution in [-0.4, -0.2) is 79.0 Å². The van der Waals surface area contributed by atoms with Crippen molar-refractivity contribution in [2.75, 3.05) is 26.2 Å². The van der Waals surface area contributed by atoms with Crippen molar-refractivity contribution in [1.82, 2.24) is 29.8 Å². The molecule has 29 heavy (non-hydrogen) atoms. The van der Waals surface area contributed by atoms with Crippen molar-refractivity contribution >= 4 is 11.7 Å². The van der Waals surface area contributed by atoms with Gasteiger partial charge in [-0.1, -0.05) is 0 Å². The molecule has 1 spiro atoms. The Balaban J connectivity index is 1.24. The highest BCUT2D eigenvalue weighted by molar-refractivity contribution is 5.73. The van der Waals surface area contributed by atoms with Gasteiger partial charge in [-0.25, -0.2) is 9.50 Å². The zero-order chi connectivity index (χ0) is 20.5.